The van der Waals surface area contributed by atoms with Crippen LogP contribution in [0.15, 0.2) is 12.2 Å². The standard InChI is InChI=1S/C28H55NO2/c1-5-7-8-20-23-27(26-29(3)4)24-21-18-16-14-12-10-9-11-13-15-17-19-22-25-28(30)31-6-2/h11,13,27H,5-10,12,14-26H2,1-4H3/b13-11-. The van der Waals surface area contributed by atoms with Crippen molar-refractivity contribution in [1.82, 2.24) is 4.90 Å². The zero-order chi connectivity index (χ0) is 23.0. The van der Waals surface area contributed by atoms with Gasteiger partial charge in [0.1, 0.15) is 0 Å². The number of ether oxygens (including phenoxy) is 1. The minimum absolute atomic E-state index is 0.0474. The van der Waals surface area contributed by atoms with Crippen molar-refractivity contribution in [3.63, 3.8) is 0 Å². The molecule has 3 heteroatoms. The fourth-order valence-corrected chi connectivity index (χ4v) is 4.28. The van der Waals surface area contributed by atoms with Crippen LogP contribution in [0.3, 0.4) is 0 Å². The van der Waals surface area contributed by atoms with Gasteiger partial charge in [-0.3, -0.25) is 4.79 Å². The zero-order valence-corrected chi connectivity index (χ0v) is 21.6. The van der Waals surface area contributed by atoms with Crippen LogP contribution in [0.1, 0.15) is 129 Å². The summed E-state index contributed by atoms with van der Waals surface area (Å²) in [7, 11) is 4.44. The molecule has 1 atom stereocenters. The summed E-state index contributed by atoms with van der Waals surface area (Å²) in [6, 6.07) is 0. The Morgan fingerprint density at radius 2 is 1.26 bits per heavy atom. The molecule has 0 aromatic heterocycles. The summed E-state index contributed by atoms with van der Waals surface area (Å²) < 4.78 is 4.95. The van der Waals surface area contributed by atoms with E-state index in [1.54, 1.807) is 0 Å². The van der Waals surface area contributed by atoms with Crippen molar-refractivity contribution in [3.8, 4) is 0 Å². The van der Waals surface area contributed by atoms with Crippen LogP contribution in [0.2, 0.25) is 0 Å². The number of allylic oxidation sites excluding steroid dienone is 2. The fourth-order valence-electron chi connectivity index (χ4n) is 4.28. The Kier molecular flexibility index (Phi) is 23.2. The molecule has 0 aliphatic carbocycles. The molecule has 0 bridgehead atoms. The van der Waals surface area contributed by atoms with E-state index in [1.807, 2.05) is 6.92 Å². The maximum atomic E-state index is 11.2. The van der Waals surface area contributed by atoms with Crippen LogP contribution in [-0.2, 0) is 9.53 Å². The summed E-state index contributed by atoms with van der Waals surface area (Å²) in [5.74, 6) is 0.857. The summed E-state index contributed by atoms with van der Waals surface area (Å²) in [5, 5.41) is 0. The van der Waals surface area contributed by atoms with Gasteiger partial charge in [0.2, 0.25) is 0 Å². The van der Waals surface area contributed by atoms with Crippen LogP contribution in [0.25, 0.3) is 0 Å². The highest BCUT2D eigenvalue weighted by Gasteiger charge is 2.09. The number of carbonyl (C=O) groups excluding carboxylic acids is 1. The Balaban J connectivity index is 3.48. The number of hydrogen-bond donors (Lipinski definition) is 0. The van der Waals surface area contributed by atoms with Crippen LogP contribution in [0.4, 0.5) is 0 Å². The molecule has 3 nitrogen and oxygen atoms in total. The summed E-state index contributed by atoms with van der Waals surface area (Å²) in [5.41, 5.74) is 0. The van der Waals surface area contributed by atoms with Crippen LogP contribution < -0.4 is 0 Å². The van der Waals surface area contributed by atoms with E-state index in [-0.39, 0.29) is 5.97 Å². The molecule has 31 heavy (non-hydrogen) atoms. The highest BCUT2D eigenvalue weighted by atomic mass is 16.5. The van der Waals surface area contributed by atoms with Gasteiger partial charge in [0.25, 0.3) is 0 Å². The molecule has 0 aromatic carbocycles. The lowest BCUT2D eigenvalue weighted by Crippen LogP contribution is -2.21. The quantitative estimate of drug-likeness (QED) is 0.0914. The smallest absolute Gasteiger partial charge is 0.305 e. The molecular weight excluding hydrogens is 382 g/mol. The van der Waals surface area contributed by atoms with Crippen LogP contribution in [0.5, 0.6) is 0 Å². The third-order valence-electron chi connectivity index (χ3n) is 6.05. The predicted molar refractivity (Wildman–Crippen MR) is 137 cm³/mol. The molecule has 0 N–H and O–H groups in total. The number of esters is 1. The first-order chi connectivity index (χ1) is 15.1. The van der Waals surface area contributed by atoms with E-state index < -0.39 is 0 Å². The van der Waals surface area contributed by atoms with Crippen molar-refractivity contribution in [1.29, 1.82) is 0 Å². The third kappa shape index (κ3) is 23.7. The minimum Gasteiger partial charge on any atom is -0.466 e. The van der Waals surface area contributed by atoms with Crippen molar-refractivity contribution >= 4 is 5.97 Å². The number of hydrogen-bond acceptors (Lipinski definition) is 3. The topological polar surface area (TPSA) is 29.5 Å². The van der Waals surface area contributed by atoms with Crippen LogP contribution in [-0.4, -0.2) is 38.1 Å². The maximum absolute atomic E-state index is 11.2. The molecule has 0 aliphatic rings. The van der Waals surface area contributed by atoms with E-state index in [9.17, 15) is 4.79 Å². The van der Waals surface area contributed by atoms with Gasteiger partial charge in [0, 0.05) is 13.0 Å². The lowest BCUT2D eigenvalue weighted by atomic mass is 9.94. The number of unbranched alkanes of at least 4 members (excludes halogenated alkanes) is 12. The van der Waals surface area contributed by atoms with Gasteiger partial charge >= 0.3 is 5.97 Å². The maximum Gasteiger partial charge on any atom is 0.305 e. The van der Waals surface area contributed by atoms with Gasteiger partial charge in [-0.15, -0.1) is 0 Å². The minimum atomic E-state index is -0.0474. The summed E-state index contributed by atoms with van der Waals surface area (Å²) in [6.45, 7) is 5.93. The number of rotatable bonds is 23. The van der Waals surface area contributed by atoms with Crippen molar-refractivity contribution in [2.45, 2.75) is 129 Å². The molecule has 0 saturated carbocycles. The van der Waals surface area contributed by atoms with Crippen LogP contribution in [0, 0.1) is 5.92 Å². The highest BCUT2D eigenvalue weighted by molar-refractivity contribution is 5.69. The van der Waals surface area contributed by atoms with Gasteiger partial charge in [0.05, 0.1) is 6.61 Å². The molecule has 1 unspecified atom stereocenters. The van der Waals surface area contributed by atoms with Crippen molar-refractivity contribution in [2.24, 2.45) is 5.92 Å². The molecule has 0 fully saturated rings. The van der Waals surface area contributed by atoms with E-state index in [0.717, 1.165) is 25.2 Å². The van der Waals surface area contributed by atoms with E-state index in [4.69, 9.17) is 4.74 Å². The molecule has 0 aliphatic heterocycles. The van der Waals surface area contributed by atoms with Gasteiger partial charge in [0.15, 0.2) is 0 Å². The van der Waals surface area contributed by atoms with Crippen molar-refractivity contribution in [2.75, 3.05) is 27.2 Å². The second-order valence-electron chi connectivity index (χ2n) is 9.55. The highest BCUT2D eigenvalue weighted by Crippen LogP contribution is 2.19. The number of nitrogens with zero attached hydrogens (tertiary/aromatic N) is 1. The lowest BCUT2D eigenvalue weighted by molar-refractivity contribution is -0.143. The molecular formula is C28H55NO2. The number of carbonyl (C=O) groups is 1. The summed E-state index contributed by atoms with van der Waals surface area (Å²) in [4.78, 5) is 13.6. The Labute approximate surface area is 195 Å². The fraction of sp³-hybridized carbons (Fsp3) is 0.893. The van der Waals surface area contributed by atoms with Gasteiger partial charge in [-0.2, -0.15) is 0 Å². The molecule has 0 aromatic rings. The largest absolute Gasteiger partial charge is 0.466 e. The Bertz CT molecular complexity index is 406. The molecule has 0 spiro atoms. The van der Waals surface area contributed by atoms with Crippen molar-refractivity contribution < 1.29 is 9.53 Å². The Hall–Kier alpha value is -0.830. The first-order valence-corrected chi connectivity index (χ1v) is 13.5. The van der Waals surface area contributed by atoms with E-state index in [2.05, 4.69) is 38.1 Å². The van der Waals surface area contributed by atoms with Gasteiger partial charge in [-0.05, 0) is 71.9 Å². The Morgan fingerprint density at radius 3 is 1.81 bits per heavy atom. The van der Waals surface area contributed by atoms with Crippen LogP contribution >= 0.6 is 0 Å². The molecule has 0 saturated heterocycles. The molecule has 0 amide bonds. The first kappa shape index (κ1) is 30.2. The normalized spacial score (nSPS) is 12.7. The third-order valence-corrected chi connectivity index (χ3v) is 6.05. The lowest BCUT2D eigenvalue weighted by Gasteiger charge is -2.21. The second kappa shape index (κ2) is 23.8. The second-order valence-corrected chi connectivity index (χ2v) is 9.55. The monoisotopic (exact) mass is 437 g/mol. The molecule has 0 heterocycles. The Morgan fingerprint density at radius 1 is 0.742 bits per heavy atom. The van der Waals surface area contributed by atoms with E-state index in [0.29, 0.717) is 13.0 Å². The predicted octanol–water partition coefficient (Wildman–Crippen LogP) is 8.33. The molecule has 0 radical (unpaired) electrons. The summed E-state index contributed by atoms with van der Waals surface area (Å²) in [6.07, 6.45) is 27.7. The average Bonchev–Trinajstić information content (AvgIpc) is 2.73. The zero-order valence-electron chi connectivity index (χ0n) is 21.6. The van der Waals surface area contributed by atoms with Gasteiger partial charge in [-0.1, -0.05) is 83.3 Å². The SMILES string of the molecule is CCCCCCC(CCCCCCCC/C=C\CCCCCC(=O)OCC)CN(C)C. The first-order valence-electron chi connectivity index (χ1n) is 13.5. The summed E-state index contributed by atoms with van der Waals surface area (Å²) >= 11 is 0. The van der Waals surface area contributed by atoms with E-state index >= 15 is 0 Å². The van der Waals surface area contributed by atoms with Gasteiger partial charge < -0.3 is 9.64 Å². The molecule has 0 rings (SSSR count). The average molecular weight is 438 g/mol. The molecule has 184 valence electrons. The van der Waals surface area contributed by atoms with Gasteiger partial charge in [-0.25, -0.2) is 0 Å². The van der Waals surface area contributed by atoms with E-state index in [1.165, 1.54) is 96.4 Å². The van der Waals surface area contributed by atoms with Crippen molar-refractivity contribution in [3.05, 3.63) is 12.2 Å².